The van der Waals surface area contributed by atoms with E-state index in [-0.39, 0.29) is 11.8 Å². The topological polar surface area (TPSA) is 58.4 Å². The summed E-state index contributed by atoms with van der Waals surface area (Å²) in [4.78, 5) is 13.2. The fraction of sp³-hybridized carbons (Fsp3) is 0.667. The summed E-state index contributed by atoms with van der Waals surface area (Å²) in [6.07, 6.45) is 0.937. The average Bonchev–Trinajstić information content (AvgIpc) is 2.80. The van der Waals surface area contributed by atoms with Crippen molar-refractivity contribution in [2.24, 2.45) is 5.92 Å². The minimum Gasteiger partial charge on any atom is -0.358 e. The number of hydrogen-bond acceptors (Lipinski definition) is 5. The third kappa shape index (κ3) is 2.66. The summed E-state index contributed by atoms with van der Waals surface area (Å²) in [6, 6.07) is 1.89. The van der Waals surface area contributed by atoms with Crippen LogP contribution in [0.15, 0.2) is 10.6 Å². The number of carbonyl (C=O) groups is 1. The van der Waals surface area contributed by atoms with Gasteiger partial charge in [0.25, 0.3) is 0 Å². The summed E-state index contributed by atoms with van der Waals surface area (Å²) in [5.41, 5.74) is 0. The zero-order valence-electron chi connectivity index (χ0n) is 10.3. The molecule has 94 valence electrons. The van der Waals surface area contributed by atoms with Crippen molar-refractivity contribution < 1.29 is 9.32 Å². The minimum absolute atomic E-state index is 0.195. The summed E-state index contributed by atoms with van der Waals surface area (Å²) in [5, 5.41) is 7.34. The van der Waals surface area contributed by atoms with Crippen LogP contribution < -0.4 is 10.2 Å². The quantitative estimate of drug-likeness (QED) is 0.792. The highest BCUT2D eigenvalue weighted by Gasteiger charge is 2.22. The second-order valence-corrected chi connectivity index (χ2v) is 4.73. The van der Waals surface area contributed by atoms with Crippen LogP contribution in [0.4, 0.5) is 5.82 Å². The number of hydrogen-bond donors (Lipinski definition) is 1. The monoisotopic (exact) mass is 237 g/mol. The standard InChI is InChI=1S/C12H19N3O2/c1-9(2)10(8-16)11-7-12(14-17-11)15-5-3-13-4-6-15/h7-10,13H,3-6H2,1-2H3/t10-/m1/s1. The molecule has 0 radical (unpaired) electrons. The SMILES string of the molecule is CC(C)[C@@H](C=O)c1cc(N2CCNCC2)no1. The van der Waals surface area contributed by atoms with Crippen LogP contribution in [0.2, 0.25) is 0 Å². The Bertz CT molecular complexity index is 370. The van der Waals surface area contributed by atoms with Gasteiger partial charge in [0, 0.05) is 32.2 Å². The van der Waals surface area contributed by atoms with Crippen LogP contribution in [-0.2, 0) is 4.79 Å². The number of rotatable bonds is 4. The highest BCUT2D eigenvalue weighted by molar-refractivity contribution is 5.61. The molecular weight excluding hydrogens is 218 g/mol. The molecule has 5 heteroatoms. The maximum atomic E-state index is 11.0. The fourth-order valence-corrected chi connectivity index (χ4v) is 2.03. The van der Waals surface area contributed by atoms with Gasteiger partial charge in [-0.05, 0) is 5.92 Å². The van der Waals surface area contributed by atoms with Crippen molar-refractivity contribution in [3.8, 4) is 0 Å². The molecule has 1 N–H and O–H groups in total. The number of anilines is 1. The van der Waals surface area contributed by atoms with Crippen LogP contribution in [0.3, 0.4) is 0 Å². The summed E-state index contributed by atoms with van der Waals surface area (Å²) < 4.78 is 5.29. The Hall–Kier alpha value is -1.36. The van der Waals surface area contributed by atoms with Crippen molar-refractivity contribution in [2.75, 3.05) is 31.1 Å². The molecule has 0 aliphatic carbocycles. The fourth-order valence-electron chi connectivity index (χ4n) is 2.03. The summed E-state index contributed by atoms with van der Waals surface area (Å²) in [5.74, 6) is 1.55. The second kappa shape index (κ2) is 5.31. The number of aldehydes is 1. The number of nitrogens with one attached hydrogen (secondary N) is 1. The lowest BCUT2D eigenvalue weighted by Crippen LogP contribution is -2.43. The summed E-state index contributed by atoms with van der Waals surface area (Å²) in [7, 11) is 0. The first-order valence-corrected chi connectivity index (χ1v) is 6.10. The predicted octanol–water partition coefficient (Wildman–Crippen LogP) is 1.02. The van der Waals surface area contributed by atoms with Crippen LogP contribution in [0.25, 0.3) is 0 Å². The molecular formula is C12H19N3O2. The highest BCUT2D eigenvalue weighted by Crippen LogP contribution is 2.25. The third-order valence-corrected chi connectivity index (χ3v) is 3.15. The zero-order valence-corrected chi connectivity index (χ0v) is 10.3. The van der Waals surface area contributed by atoms with Gasteiger partial charge in [0.2, 0.25) is 0 Å². The first kappa shape index (κ1) is 12.1. The van der Waals surface area contributed by atoms with Crippen molar-refractivity contribution >= 4 is 12.1 Å². The van der Waals surface area contributed by atoms with E-state index in [0.29, 0.717) is 5.76 Å². The first-order valence-electron chi connectivity index (χ1n) is 6.10. The van der Waals surface area contributed by atoms with Gasteiger partial charge < -0.3 is 19.5 Å². The molecule has 5 nitrogen and oxygen atoms in total. The molecule has 1 atom stereocenters. The van der Waals surface area contributed by atoms with E-state index in [0.717, 1.165) is 38.3 Å². The number of aromatic nitrogens is 1. The van der Waals surface area contributed by atoms with Crippen molar-refractivity contribution in [1.82, 2.24) is 10.5 Å². The van der Waals surface area contributed by atoms with Gasteiger partial charge in [-0.15, -0.1) is 0 Å². The van der Waals surface area contributed by atoms with Crippen molar-refractivity contribution in [2.45, 2.75) is 19.8 Å². The van der Waals surface area contributed by atoms with E-state index in [1.807, 2.05) is 19.9 Å². The Balaban J connectivity index is 2.11. The number of carbonyl (C=O) groups excluding carboxylic acids is 1. The largest absolute Gasteiger partial charge is 0.358 e. The van der Waals surface area contributed by atoms with E-state index >= 15 is 0 Å². The van der Waals surface area contributed by atoms with Gasteiger partial charge in [-0.25, -0.2) is 0 Å². The maximum Gasteiger partial charge on any atom is 0.172 e. The molecule has 1 aliphatic rings. The van der Waals surface area contributed by atoms with Crippen molar-refractivity contribution in [3.63, 3.8) is 0 Å². The maximum absolute atomic E-state index is 11.0. The van der Waals surface area contributed by atoms with Crippen molar-refractivity contribution in [1.29, 1.82) is 0 Å². The van der Waals surface area contributed by atoms with Gasteiger partial charge in [0.05, 0.1) is 5.92 Å². The van der Waals surface area contributed by atoms with Gasteiger partial charge >= 0.3 is 0 Å². The molecule has 2 rings (SSSR count). The normalized spacial score (nSPS) is 18.4. The molecule has 1 aliphatic heterocycles. The van der Waals surface area contributed by atoms with E-state index in [1.54, 1.807) is 0 Å². The molecule has 0 aromatic carbocycles. The Labute approximate surface area is 101 Å². The highest BCUT2D eigenvalue weighted by atomic mass is 16.5. The second-order valence-electron chi connectivity index (χ2n) is 4.73. The lowest BCUT2D eigenvalue weighted by molar-refractivity contribution is -0.110. The lowest BCUT2D eigenvalue weighted by atomic mass is 9.95. The molecule has 2 heterocycles. The van der Waals surface area contributed by atoms with Crippen LogP contribution >= 0.6 is 0 Å². The van der Waals surface area contributed by atoms with Crippen LogP contribution in [0.5, 0.6) is 0 Å². The number of piperazine rings is 1. The predicted molar refractivity (Wildman–Crippen MR) is 65.2 cm³/mol. The first-order chi connectivity index (χ1) is 8.22. The molecule has 0 amide bonds. The lowest BCUT2D eigenvalue weighted by Gasteiger charge is -2.26. The van der Waals surface area contributed by atoms with E-state index in [2.05, 4.69) is 15.4 Å². The summed E-state index contributed by atoms with van der Waals surface area (Å²) >= 11 is 0. The molecule has 0 spiro atoms. The van der Waals surface area contributed by atoms with E-state index < -0.39 is 0 Å². The van der Waals surface area contributed by atoms with Gasteiger partial charge in [-0.3, -0.25) is 0 Å². The molecule has 1 saturated heterocycles. The third-order valence-electron chi connectivity index (χ3n) is 3.15. The molecule has 0 unspecified atom stereocenters. The molecule has 1 fully saturated rings. The molecule has 1 aromatic heterocycles. The van der Waals surface area contributed by atoms with Gasteiger partial charge in [-0.1, -0.05) is 19.0 Å². The Morgan fingerprint density at radius 3 is 2.76 bits per heavy atom. The summed E-state index contributed by atoms with van der Waals surface area (Å²) in [6.45, 7) is 7.80. The van der Waals surface area contributed by atoms with E-state index in [9.17, 15) is 4.79 Å². The van der Waals surface area contributed by atoms with Gasteiger partial charge in [0.15, 0.2) is 5.82 Å². The Kier molecular flexibility index (Phi) is 3.78. The molecule has 0 saturated carbocycles. The van der Waals surface area contributed by atoms with Crippen LogP contribution in [0.1, 0.15) is 25.5 Å². The van der Waals surface area contributed by atoms with E-state index in [4.69, 9.17) is 4.52 Å². The Morgan fingerprint density at radius 1 is 1.47 bits per heavy atom. The minimum atomic E-state index is -0.195. The molecule has 17 heavy (non-hydrogen) atoms. The zero-order chi connectivity index (χ0) is 12.3. The molecule has 1 aromatic rings. The van der Waals surface area contributed by atoms with Gasteiger partial charge in [0.1, 0.15) is 12.0 Å². The molecule has 0 bridgehead atoms. The average molecular weight is 237 g/mol. The Morgan fingerprint density at radius 2 is 2.18 bits per heavy atom. The van der Waals surface area contributed by atoms with Crippen molar-refractivity contribution in [3.05, 3.63) is 11.8 Å². The van der Waals surface area contributed by atoms with Crippen LogP contribution in [-0.4, -0.2) is 37.6 Å². The van der Waals surface area contributed by atoms with Gasteiger partial charge in [-0.2, -0.15) is 0 Å². The smallest absolute Gasteiger partial charge is 0.172 e. The number of nitrogens with zero attached hydrogens (tertiary/aromatic N) is 2. The van der Waals surface area contributed by atoms with Crippen LogP contribution in [0, 0.1) is 5.92 Å². The van der Waals surface area contributed by atoms with E-state index in [1.165, 1.54) is 0 Å².